The van der Waals surface area contributed by atoms with Crippen molar-refractivity contribution in [3.05, 3.63) is 107 Å². The van der Waals surface area contributed by atoms with Crippen LogP contribution >= 0.6 is 11.6 Å². The van der Waals surface area contributed by atoms with E-state index in [0.717, 1.165) is 11.1 Å². The van der Waals surface area contributed by atoms with Gasteiger partial charge in [0.05, 0.1) is 10.9 Å². The lowest BCUT2D eigenvalue weighted by atomic mass is 9.90. The van der Waals surface area contributed by atoms with Gasteiger partial charge in [-0.2, -0.15) is 0 Å². The fourth-order valence-electron chi connectivity index (χ4n) is 3.01. The molecule has 0 atom stereocenters. The fraction of sp³-hybridized carbons (Fsp3) is 0.125. The molecule has 152 valence electrons. The average molecular weight is 422 g/mol. The molecule has 0 fully saturated rings. The number of rotatable bonds is 8. The first-order chi connectivity index (χ1) is 14.6. The van der Waals surface area contributed by atoms with Crippen molar-refractivity contribution in [2.45, 2.75) is 5.92 Å². The van der Waals surface area contributed by atoms with E-state index in [0.29, 0.717) is 5.02 Å². The zero-order valence-electron chi connectivity index (χ0n) is 16.1. The van der Waals surface area contributed by atoms with Crippen molar-refractivity contribution in [1.82, 2.24) is 5.32 Å². The summed E-state index contributed by atoms with van der Waals surface area (Å²) in [5.41, 5.74) is 1.90. The molecule has 1 N–H and O–H groups in total. The molecule has 6 heteroatoms. The number of benzene rings is 3. The summed E-state index contributed by atoms with van der Waals surface area (Å²) in [5, 5.41) is 2.90. The molecule has 0 heterocycles. The first kappa shape index (κ1) is 21.3. The molecule has 3 aromatic rings. The molecule has 3 aromatic carbocycles. The van der Waals surface area contributed by atoms with Crippen molar-refractivity contribution in [2.75, 3.05) is 13.2 Å². The van der Waals surface area contributed by atoms with Gasteiger partial charge in [0.15, 0.2) is 6.61 Å². The second-order valence-corrected chi connectivity index (χ2v) is 6.94. The zero-order valence-corrected chi connectivity index (χ0v) is 16.8. The Morgan fingerprint density at radius 3 is 1.90 bits per heavy atom. The minimum atomic E-state index is -0.705. The molecule has 0 radical (unpaired) electrons. The van der Waals surface area contributed by atoms with Crippen molar-refractivity contribution in [2.24, 2.45) is 0 Å². The Kier molecular flexibility index (Phi) is 7.35. The maximum atomic E-state index is 12.8. The number of carbonyl (C=O) groups is 3. The van der Waals surface area contributed by atoms with Crippen molar-refractivity contribution in [3.8, 4) is 0 Å². The highest BCUT2D eigenvalue weighted by atomic mass is 35.5. The van der Waals surface area contributed by atoms with Crippen molar-refractivity contribution >= 4 is 29.3 Å². The first-order valence-electron chi connectivity index (χ1n) is 9.37. The van der Waals surface area contributed by atoms with E-state index in [1.54, 1.807) is 24.3 Å². The molecule has 30 heavy (non-hydrogen) atoms. The molecule has 0 unspecified atom stereocenters. The van der Waals surface area contributed by atoms with E-state index in [1.807, 2.05) is 60.7 Å². The van der Waals surface area contributed by atoms with E-state index in [9.17, 15) is 14.4 Å². The summed E-state index contributed by atoms with van der Waals surface area (Å²) in [5.74, 6) is -2.01. The summed E-state index contributed by atoms with van der Waals surface area (Å²) in [6.07, 6.45) is 0. The summed E-state index contributed by atoms with van der Waals surface area (Å²) in [4.78, 5) is 37.0. The van der Waals surface area contributed by atoms with Crippen LogP contribution in [0.25, 0.3) is 0 Å². The van der Waals surface area contributed by atoms with Gasteiger partial charge in [-0.25, -0.2) is 0 Å². The van der Waals surface area contributed by atoms with Gasteiger partial charge in [0.2, 0.25) is 11.7 Å². The lowest BCUT2D eigenvalue weighted by Gasteiger charge is -2.17. The number of ether oxygens (including phenoxy) is 1. The van der Waals surface area contributed by atoms with Crippen LogP contribution in [-0.4, -0.2) is 30.8 Å². The maximum absolute atomic E-state index is 12.8. The van der Waals surface area contributed by atoms with Crippen LogP contribution in [0.2, 0.25) is 5.02 Å². The molecular formula is C24H20ClNO4. The zero-order chi connectivity index (χ0) is 21.3. The second-order valence-electron chi connectivity index (χ2n) is 6.54. The first-order valence-corrected chi connectivity index (χ1v) is 9.75. The Hall–Kier alpha value is -3.44. The van der Waals surface area contributed by atoms with Gasteiger partial charge >= 0.3 is 5.97 Å². The Labute approximate surface area is 179 Å². The third-order valence-corrected chi connectivity index (χ3v) is 4.80. The lowest BCUT2D eigenvalue weighted by molar-refractivity contribution is -0.142. The SMILES string of the molecule is O=C(CNC(=O)C(c1ccccc1)c1ccccc1)OCC(=O)c1ccccc1Cl. The number of esters is 1. The topological polar surface area (TPSA) is 72.5 Å². The van der Waals surface area contributed by atoms with Crippen LogP contribution in [-0.2, 0) is 14.3 Å². The number of nitrogens with one attached hydrogen (secondary N) is 1. The van der Waals surface area contributed by atoms with Gasteiger partial charge in [0.1, 0.15) is 6.54 Å². The highest BCUT2D eigenvalue weighted by Gasteiger charge is 2.23. The van der Waals surface area contributed by atoms with Gasteiger partial charge < -0.3 is 10.1 Å². The minimum Gasteiger partial charge on any atom is -0.456 e. The number of hydrogen-bond acceptors (Lipinski definition) is 4. The summed E-state index contributed by atoms with van der Waals surface area (Å²) in [7, 11) is 0. The molecule has 1 amide bonds. The van der Waals surface area contributed by atoms with Crippen LogP contribution < -0.4 is 5.32 Å². The predicted molar refractivity (Wildman–Crippen MR) is 114 cm³/mol. The van der Waals surface area contributed by atoms with Gasteiger partial charge in [0.25, 0.3) is 0 Å². The molecule has 0 aliphatic rings. The average Bonchev–Trinajstić information content (AvgIpc) is 2.78. The quantitative estimate of drug-likeness (QED) is 0.440. The molecule has 0 aromatic heterocycles. The Morgan fingerprint density at radius 1 is 0.800 bits per heavy atom. The van der Waals surface area contributed by atoms with E-state index in [2.05, 4.69) is 5.32 Å². The standard InChI is InChI=1S/C24H20ClNO4/c25-20-14-8-7-13-19(20)21(27)16-30-22(28)15-26-24(29)23(17-9-3-1-4-10-17)18-11-5-2-6-12-18/h1-14,23H,15-16H2,(H,26,29). The van der Waals surface area contributed by atoms with E-state index in [1.165, 1.54) is 0 Å². The van der Waals surface area contributed by atoms with E-state index < -0.39 is 24.3 Å². The van der Waals surface area contributed by atoms with Crippen LogP contribution in [0.5, 0.6) is 0 Å². The molecule has 0 saturated carbocycles. The van der Waals surface area contributed by atoms with Crippen molar-refractivity contribution in [3.63, 3.8) is 0 Å². The van der Waals surface area contributed by atoms with E-state index in [4.69, 9.17) is 16.3 Å². The smallest absolute Gasteiger partial charge is 0.325 e. The lowest BCUT2D eigenvalue weighted by Crippen LogP contribution is -2.35. The van der Waals surface area contributed by atoms with Crippen LogP contribution in [0, 0.1) is 0 Å². The van der Waals surface area contributed by atoms with E-state index in [-0.39, 0.29) is 18.0 Å². The second kappa shape index (κ2) is 10.4. The fourth-order valence-corrected chi connectivity index (χ4v) is 3.25. The highest BCUT2D eigenvalue weighted by Crippen LogP contribution is 2.24. The number of ketones is 1. The number of carbonyl (C=O) groups excluding carboxylic acids is 3. The number of hydrogen-bond donors (Lipinski definition) is 1. The number of Topliss-reactive ketones (excluding diaryl/α,β-unsaturated/α-hetero) is 1. The van der Waals surface area contributed by atoms with Crippen LogP contribution in [0.3, 0.4) is 0 Å². The van der Waals surface area contributed by atoms with E-state index >= 15 is 0 Å². The third kappa shape index (κ3) is 5.55. The van der Waals surface area contributed by atoms with Gasteiger partial charge in [-0.3, -0.25) is 14.4 Å². The Balaban J connectivity index is 1.59. The normalized spacial score (nSPS) is 10.5. The molecule has 0 bridgehead atoms. The van der Waals surface area contributed by atoms with Gasteiger partial charge in [0, 0.05) is 5.56 Å². The Morgan fingerprint density at radius 2 is 1.33 bits per heavy atom. The Bertz CT molecular complexity index is 982. The summed E-state index contributed by atoms with van der Waals surface area (Å²) >= 11 is 5.97. The predicted octanol–water partition coefficient (Wildman–Crippen LogP) is 4.01. The van der Waals surface area contributed by atoms with Crippen molar-refractivity contribution in [1.29, 1.82) is 0 Å². The van der Waals surface area contributed by atoms with Crippen LogP contribution in [0.15, 0.2) is 84.9 Å². The summed E-state index contributed by atoms with van der Waals surface area (Å²) in [6.45, 7) is -0.788. The van der Waals surface area contributed by atoms with Gasteiger partial charge in [-0.05, 0) is 23.3 Å². The summed E-state index contributed by atoms with van der Waals surface area (Å²) in [6, 6.07) is 25.1. The monoisotopic (exact) mass is 421 g/mol. The van der Waals surface area contributed by atoms with Gasteiger partial charge in [-0.15, -0.1) is 0 Å². The third-order valence-electron chi connectivity index (χ3n) is 4.47. The molecule has 0 aliphatic heterocycles. The van der Waals surface area contributed by atoms with Crippen molar-refractivity contribution < 1.29 is 19.1 Å². The number of amides is 1. The maximum Gasteiger partial charge on any atom is 0.325 e. The molecular weight excluding hydrogens is 402 g/mol. The molecule has 0 spiro atoms. The summed E-state index contributed by atoms with van der Waals surface area (Å²) < 4.78 is 4.99. The van der Waals surface area contributed by atoms with Gasteiger partial charge in [-0.1, -0.05) is 84.4 Å². The molecule has 0 aliphatic carbocycles. The molecule has 0 saturated heterocycles. The minimum absolute atomic E-state index is 0.282. The van der Waals surface area contributed by atoms with Crippen LogP contribution in [0.1, 0.15) is 27.4 Å². The number of halogens is 1. The molecule has 3 rings (SSSR count). The van der Waals surface area contributed by atoms with Crippen LogP contribution in [0.4, 0.5) is 0 Å². The highest BCUT2D eigenvalue weighted by molar-refractivity contribution is 6.34. The largest absolute Gasteiger partial charge is 0.456 e. The molecule has 5 nitrogen and oxygen atoms in total.